The van der Waals surface area contributed by atoms with Crippen molar-refractivity contribution in [3.63, 3.8) is 0 Å². The number of aromatic carboxylic acids is 1. The first kappa shape index (κ1) is 13.9. The lowest BCUT2D eigenvalue weighted by atomic mass is 9.98. The predicted octanol–water partition coefficient (Wildman–Crippen LogP) is 3.38. The normalized spacial score (nSPS) is 10.2. The van der Waals surface area contributed by atoms with Crippen LogP contribution in [0.25, 0.3) is 11.1 Å². The van der Waals surface area contributed by atoms with Gasteiger partial charge >= 0.3 is 5.97 Å². The number of benzene rings is 2. The van der Waals surface area contributed by atoms with Crippen molar-refractivity contribution in [2.24, 2.45) is 0 Å². The van der Waals surface area contributed by atoms with Gasteiger partial charge in [-0.05, 0) is 47.9 Å². The van der Waals surface area contributed by atoms with Crippen molar-refractivity contribution in [1.82, 2.24) is 0 Å². The van der Waals surface area contributed by atoms with Gasteiger partial charge in [-0.1, -0.05) is 12.1 Å². The zero-order valence-electron chi connectivity index (χ0n) is 11.6. The Bertz CT molecular complexity index is 647. The molecular formula is C16H16O4. The molecule has 0 spiro atoms. The summed E-state index contributed by atoms with van der Waals surface area (Å²) in [5, 5.41) is 8.98. The molecule has 4 nitrogen and oxygen atoms in total. The molecule has 20 heavy (non-hydrogen) atoms. The number of methoxy groups -OCH3 is 2. The lowest BCUT2D eigenvalue weighted by Gasteiger charge is -2.11. The van der Waals surface area contributed by atoms with Crippen molar-refractivity contribution < 1.29 is 19.4 Å². The topological polar surface area (TPSA) is 55.8 Å². The standard InChI is InChI=1S/C16H16O4/c1-10-8-12(16(17)18)4-6-13(10)11-5-7-14(19-2)15(9-11)20-3/h4-9H,1-3H3,(H,17,18). The number of hydrogen-bond donors (Lipinski definition) is 1. The highest BCUT2D eigenvalue weighted by molar-refractivity contribution is 5.89. The Morgan fingerprint density at radius 3 is 2.25 bits per heavy atom. The third-order valence-corrected chi connectivity index (χ3v) is 3.17. The van der Waals surface area contributed by atoms with Gasteiger partial charge in [0.1, 0.15) is 0 Å². The molecule has 0 aliphatic rings. The second kappa shape index (κ2) is 5.65. The Morgan fingerprint density at radius 1 is 1.00 bits per heavy atom. The number of hydrogen-bond acceptors (Lipinski definition) is 3. The molecule has 0 amide bonds. The van der Waals surface area contributed by atoms with Crippen molar-refractivity contribution in [2.75, 3.05) is 14.2 Å². The Balaban J connectivity index is 2.49. The average molecular weight is 272 g/mol. The van der Waals surface area contributed by atoms with Gasteiger partial charge in [0.25, 0.3) is 0 Å². The lowest BCUT2D eigenvalue weighted by Crippen LogP contribution is -1.97. The quantitative estimate of drug-likeness (QED) is 0.927. The van der Waals surface area contributed by atoms with Crippen LogP contribution in [-0.2, 0) is 0 Å². The van der Waals surface area contributed by atoms with E-state index in [1.165, 1.54) is 0 Å². The third-order valence-electron chi connectivity index (χ3n) is 3.17. The molecule has 0 aliphatic carbocycles. The Morgan fingerprint density at radius 2 is 1.70 bits per heavy atom. The minimum Gasteiger partial charge on any atom is -0.493 e. The number of rotatable bonds is 4. The van der Waals surface area contributed by atoms with Crippen molar-refractivity contribution in [1.29, 1.82) is 0 Å². The van der Waals surface area contributed by atoms with E-state index >= 15 is 0 Å². The maximum atomic E-state index is 10.9. The number of aryl methyl sites for hydroxylation is 1. The predicted molar refractivity (Wildman–Crippen MR) is 76.7 cm³/mol. The number of ether oxygens (including phenoxy) is 2. The summed E-state index contributed by atoms with van der Waals surface area (Å²) in [4.78, 5) is 10.9. The van der Waals surface area contributed by atoms with E-state index < -0.39 is 5.97 Å². The van der Waals surface area contributed by atoms with Crippen LogP contribution in [0.1, 0.15) is 15.9 Å². The Labute approximate surface area is 117 Å². The lowest BCUT2D eigenvalue weighted by molar-refractivity contribution is 0.0697. The van der Waals surface area contributed by atoms with Gasteiger partial charge in [-0.2, -0.15) is 0 Å². The van der Waals surface area contributed by atoms with E-state index in [9.17, 15) is 4.79 Å². The first-order valence-electron chi connectivity index (χ1n) is 6.13. The van der Waals surface area contributed by atoms with E-state index in [-0.39, 0.29) is 5.56 Å². The highest BCUT2D eigenvalue weighted by Gasteiger charge is 2.10. The number of carbonyl (C=O) groups is 1. The van der Waals surface area contributed by atoms with Crippen LogP contribution in [0.15, 0.2) is 36.4 Å². The summed E-state index contributed by atoms with van der Waals surface area (Å²) in [6.07, 6.45) is 0. The third kappa shape index (κ3) is 2.59. The first-order chi connectivity index (χ1) is 9.56. The second-order valence-electron chi connectivity index (χ2n) is 4.40. The van der Waals surface area contributed by atoms with Crippen molar-refractivity contribution >= 4 is 5.97 Å². The van der Waals surface area contributed by atoms with E-state index in [2.05, 4.69) is 0 Å². The van der Waals surface area contributed by atoms with Gasteiger partial charge < -0.3 is 14.6 Å². The molecule has 2 aromatic rings. The maximum absolute atomic E-state index is 10.9. The monoisotopic (exact) mass is 272 g/mol. The highest BCUT2D eigenvalue weighted by Crippen LogP contribution is 2.33. The highest BCUT2D eigenvalue weighted by atomic mass is 16.5. The fraction of sp³-hybridized carbons (Fsp3) is 0.188. The van der Waals surface area contributed by atoms with Crippen LogP contribution in [0.5, 0.6) is 11.5 Å². The van der Waals surface area contributed by atoms with Gasteiger partial charge in [-0.15, -0.1) is 0 Å². The van der Waals surface area contributed by atoms with Crippen LogP contribution in [0.3, 0.4) is 0 Å². The van der Waals surface area contributed by atoms with E-state index in [1.807, 2.05) is 25.1 Å². The summed E-state index contributed by atoms with van der Waals surface area (Å²) >= 11 is 0. The molecule has 0 aromatic heterocycles. The van der Waals surface area contributed by atoms with Crippen LogP contribution < -0.4 is 9.47 Å². The zero-order chi connectivity index (χ0) is 14.7. The maximum Gasteiger partial charge on any atom is 0.335 e. The number of carboxylic acids is 1. The summed E-state index contributed by atoms with van der Waals surface area (Å²) in [6.45, 7) is 1.89. The van der Waals surface area contributed by atoms with Crippen LogP contribution in [-0.4, -0.2) is 25.3 Å². The minimum absolute atomic E-state index is 0.284. The summed E-state index contributed by atoms with van der Waals surface area (Å²) in [7, 11) is 3.17. The molecule has 1 N–H and O–H groups in total. The molecule has 0 fully saturated rings. The van der Waals surface area contributed by atoms with E-state index in [1.54, 1.807) is 32.4 Å². The molecule has 0 saturated carbocycles. The van der Waals surface area contributed by atoms with E-state index in [4.69, 9.17) is 14.6 Å². The molecule has 0 bridgehead atoms. The molecule has 4 heteroatoms. The molecule has 104 valence electrons. The van der Waals surface area contributed by atoms with Crippen LogP contribution >= 0.6 is 0 Å². The summed E-state index contributed by atoms with van der Waals surface area (Å²) in [5.74, 6) is 0.384. The first-order valence-corrected chi connectivity index (χ1v) is 6.13. The smallest absolute Gasteiger partial charge is 0.335 e. The van der Waals surface area contributed by atoms with Gasteiger partial charge in [-0.25, -0.2) is 4.79 Å². The molecule has 0 aliphatic heterocycles. The Hall–Kier alpha value is -2.49. The van der Waals surface area contributed by atoms with Crippen molar-refractivity contribution in [3.8, 4) is 22.6 Å². The van der Waals surface area contributed by atoms with Gasteiger partial charge in [0.05, 0.1) is 19.8 Å². The molecule has 0 saturated heterocycles. The van der Waals surface area contributed by atoms with Gasteiger partial charge in [0.15, 0.2) is 11.5 Å². The molecular weight excluding hydrogens is 256 g/mol. The molecule has 0 heterocycles. The van der Waals surface area contributed by atoms with Gasteiger partial charge in [0, 0.05) is 0 Å². The van der Waals surface area contributed by atoms with Crippen LogP contribution in [0, 0.1) is 6.92 Å². The van der Waals surface area contributed by atoms with E-state index in [0.29, 0.717) is 11.5 Å². The van der Waals surface area contributed by atoms with Gasteiger partial charge in [-0.3, -0.25) is 0 Å². The summed E-state index contributed by atoms with van der Waals surface area (Å²) in [5.41, 5.74) is 3.11. The van der Waals surface area contributed by atoms with Crippen LogP contribution in [0.2, 0.25) is 0 Å². The second-order valence-corrected chi connectivity index (χ2v) is 4.40. The Kier molecular flexibility index (Phi) is 3.94. The summed E-state index contributed by atoms with van der Waals surface area (Å²) in [6, 6.07) is 10.7. The molecule has 2 aromatic carbocycles. The van der Waals surface area contributed by atoms with Crippen LogP contribution in [0.4, 0.5) is 0 Å². The fourth-order valence-electron chi connectivity index (χ4n) is 2.12. The molecule has 0 atom stereocenters. The molecule has 0 radical (unpaired) electrons. The molecule has 2 rings (SSSR count). The minimum atomic E-state index is -0.924. The SMILES string of the molecule is COc1ccc(-c2ccc(C(=O)O)cc2C)cc1OC. The zero-order valence-corrected chi connectivity index (χ0v) is 11.6. The number of carboxylic acid groups (broad SMARTS) is 1. The molecule has 0 unspecified atom stereocenters. The summed E-state index contributed by atoms with van der Waals surface area (Å²) < 4.78 is 10.5. The largest absolute Gasteiger partial charge is 0.493 e. The van der Waals surface area contributed by atoms with Crippen molar-refractivity contribution in [2.45, 2.75) is 6.92 Å². The fourth-order valence-corrected chi connectivity index (χ4v) is 2.12. The van der Waals surface area contributed by atoms with E-state index in [0.717, 1.165) is 16.7 Å². The van der Waals surface area contributed by atoms with Crippen molar-refractivity contribution in [3.05, 3.63) is 47.5 Å². The van der Waals surface area contributed by atoms with Gasteiger partial charge in [0.2, 0.25) is 0 Å². The average Bonchev–Trinajstić information content (AvgIpc) is 2.46.